The Kier molecular flexibility index (Phi) is 7.92. The number of urea groups is 1. The van der Waals surface area contributed by atoms with E-state index in [0.717, 1.165) is 22.4 Å². The summed E-state index contributed by atoms with van der Waals surface area (Å²) in [6, 6.07) is 15.1. The number of aliphatic carboxylic acids is 1. The van der Waals surface area contributed by atoms with E-state index in [1.165, 1.54) is 4.90 Å². The minimum Gasteiger partial charge on any atom is -0.481 e. The lowest BCUT2D eigenvalue weighted by atomic mass is 9.96. The van der Waals surface area contributed by atoms with E-state index in [1.807, 2.05) is 55.5 Å². The monoisotopic (exact) mass is 453 g/mol. The zero-order valence-electron chi connectivity index (χ0n) is 19.0. The molecule has 1 fully saturated rings. The number of carbonyl (C=O) groups is 3. The number of hydrogen-bond acceptors (Lipinski definition) is 3. The molecule has 2 unspecified atom stereocenters. The Hall–Kier alpha value is -3.55. The molecule has 1 saturated heterocycles. The summed E-state index contributed by atoms with van der Waals surface area (Å²) in [7, 11) is 1.72. The predicted molar refractivity (Wildman–Crippen MR) is 127 cm³/mol. The van der Waals surface area contributed by atoms with E-state index < -0.39 is 12.1 Å². The van der Waals surface area contributed by atoms with Crippen molar-refractivity contribution in [2.24, 2.45) is 0 Å². The van der Waals surface area contributed by atoms with E-state index in [0.29, 0.717) is 32.2 Å². The molecule has 2 aromatic rings. The zero-order chi connectivity index (χ0) is 24.0. The minimum absolute atomic E-state index is 0.0676. The first kappa shape index (κ1) is 24.1. The number of anilines is 1. The molecule has 0 saturated carbocycles. The molecule has 0 spiro atoms. The van der Waals surface area contributed by atoms with Gasteiger partial charge in [-0.2, -0.15) is 0 Å². The topological polar surface area (TPSA) is 110 Å². The number of piperidine rings is 1. The van der Waals surface area contributed by atoms with E-state index in [9.17, 15) is 19.5 Å². The van der Waals surface area contributed by atoms with Crippen LogP contribution in [0.25, 0.3) is 11.1 Å². The molecule has 3 amide bonds. The van der Waals surface area contributed by atoms with Crippen LogP contribution in [-0.4, -0.2) is 58.9 Å². The average molecular weight is 454 g/mol. The molecule has 0 bridgehead atoms. The second-order valence-corrected chi connectivity index (χ2v) is 8.41. The highest BCUT2D eigenvalue weighted by atomic mass is 16.4. The minimum atomic E-state index is -0.907. The van der Waals surface area contributed by atoms with Crippen molar-refractivity contribution in [2.45, 2.75) is 51.1 Å². The lowest BCUT2D eigenvalue weighted by Crippen LogP contribution is -2.53. The summed E-state index contributed by atoms with van der Waals surface area (Å²) in [5.41, 5.74) is 3.65. The number of benzene rings is 2. The molecule has 8 nitrogen and oxygen atoms in total. The van der Waals surface area contributed by atoms with Gasteiger partial charge in [-0.3, -0.25) is 9.69 Å². The van der Waals surface area contributed by atoms with Crippen molar-refractivity contribution in [3.05, 3.63) is 54.1 Å². The molecule has 3 N–H and O–H groups in total. The summed E-state index contributed by atoms with van der Waals surface area (Å²) >= 11 is 0. The maximum Gasteiger partial charge on any atom is 0.407 e. The number of carboxylic acids is 1. The van der Waals surface area contributed by atoms with Crippen molar-refractivity contribution >= 4 is 23.8 Å². The number of amides is 3. The third kappa shape index (κ3) is 6.25. The molecule has 0 aliphatic carbocycles. The maximum absolute atomic E-state index is 12.9. The SMILES string of the molecule is CCC1CC(NC(=O)N(C)c2cccc(-c3ccc(CCC(=O)O)cc3)c2)CCN1C(=O)O. The molecule has 2 atom stereocenters. The zero-order valence-corrected chi connectivity index (χ0v) is 19.0. The van der Waals surface area contributed by atoms with E-state index in [2.05, 4.69) is 5.32 Å². The van der Waals surface area contributed by atoms with Crippen LogP contribution in [0, 0.1) is 0 Å². The molecule has 0 aromatic heterocycles. The largest absolute Gasteiger partial charge is 0.481 e. The van der Waals surface area contributed by atoms with Crippen molar-refractivity contribution in [3.63, 3.8) is 0 Å². The quantitative estimate of drug-likeness (QED) is 0.574. The number of likely N-dealkylation sites (tertiary alicyclic amines) is 1. The van der Waals surface area contributed by atoms with Crippen molar-refractivity contribution < 1.29 is 24.6 Å². The number of rotatable bonds is 7. The summed E-state index contributed by atoms with van der Waals surface area (Å²) in [6.45, 7) is 2.38. The fourth-order valence-corrected chi connectivity index (χ4v) is 4.22. The van der Waals surface area contributed by atoms with Crippen LogP contribution in [0.1, 0.15) is 38.2 Å². The molecular weight excluding hydrogens is 422 g/mol. The van der Waals surface area contributed by atoms with Crippen LogP contribution in [0.15, 0.2) is 48.5 Å². The molecule has 1 heterocycles. The normalized spacial score (nSPS) is 17.9. The van der Waals surface area contributed by atoms with Gasteiger partial charge in [0.2, 0.25) is 0 Å². The van der Waals surface area contributed by atoms with Gasteiger partial charge in [0.1, 0.15) is 0 Å². The van der Waals surface area contributed by atoms with Crippen molar-refractivity contribution in [2.75, 3.05) is 18.5 Å². The summed E-state index contributed by atoms with van der Waals surface area (Å²) in [4.78, 5) is 38.0. The van der Waals surface area contributed by atoms with Crippen LogP contribution in [0.3, 0.4) is 0 Å². The van der Waals surface area contributed by atoms with Crippen LogP contribution < -0.4 is 10.2 Å². The van der Waals surface area contributed by atoms with Gasteiger partial charge < -0.3 is 20.4 Å². The maximum atomic E-state index is 12.9. The highest BCUT2D eigenvalue weighted by molar-refractivity contribution is 5.92. The molecule has 8 heteroatoms. The van der Waals surface area contributed by atoms with Crippen LogP contribution in [0.4, 0.5) is 15.3 Å². The van der Waals surface area contributed by atoms with Crippen LogP contribution in [0.2, 0.25) is 0 Å². The number of carbonyl (C=O) groups excluding carboxylic acids is 1. The Morgan fingerprint density at radius 1 is 1.09 bits per heavy atom. The van der Waals surface area contributed by atoms with Gasteiger partial charge in [0.15, 0.2) is 0 Å². The Balaban J connectivity index is 1.64. The standard InChI is InChI=1S/C25H31N3O5/c1-3-21-16-20(13-14-28(21)25(32)33)26-24(31)27(2)22-6-4-5-19(15-22)18-10-7-17(8-11-18)9-12-23(29)30/h4-8,10-11,15,20-21H,3,9,12-14,16H2,1-2H3,(H,26,31)(H,29,30)(H,32,33). The Morgan fingerprint density at radius 2 is 1.82 bits per heavy atom. The Labute approximate surface area is 193 Å². The third-order valence-corrected chi connectivity index (χ3v) is 6.21. The fourth-order valence-electron chi connectivity index (χ4n) is 4.22. The lowest BCUT2D eigenvalue weighted by molar-refractivity contribution is -0.136. The number of aryl methyl sites for hydroxylation is 1. The van der Waals surface area contributed by atoms with Crippen LogP contribution >= 0.6 is 0 Å². The Bertz CT molecular complexity index is 992. The second-order valence-electron chi connectivity index (χ2n) is 8.41. The fraction of sp³-hybridized carbons (Fsp3) is 0.400. The van der Waals surface area contributed by atoms with Gasteiger partial charge in [0, 0.05) is 37.8 Å². The van der Waals surface area contributed by atoms with Gasteiger partial charge in [0.05, 0.1) is 0 Å². The first-order chi connectivity index (χ1) is 15.8. The Morgan fingerprint density at radius 3 is 2.45 bits per heavy atom. The van der Waals surface area contributed by atoms with Gasteiger partial charge in [-0.25, -0.2) is 9.59 Å². The number of nitrogens with zero attached hydrogens (tertiary/aromatic N) is 2. The summed E-state index contributed by atoms with van der Waals surface area (Å²) < 4.78 is 0. The summed E-state index contributed by atoms with van der Waals surface area (Å²) in [5.74, 6) is -0.814. The van der Waals surface area contributed by atoms with E-state index in [4.69, 9.17) is 5.11 Å². The molecule has 1 aliphatic rings. The average Bonchev–Trinajstić information content (AvgIpc) is 2.82. The molecule has 33 heavy (non-hydrogen) atoms. The first-order valence-corrected chi connectivity index (χ1v) is 11.2. The highest BCUT2D eigenvalue weighted by Gasteiger charge is 2.31. The molecular formula is C25H31N3O5. The molecule has 3 rings (SSSR count). The number of nitrogens with one attached hydrogen (secondary N) is 1. The summed E-state index contributed by atoms with van der Waals surface area (Å²) in [5, 5.41) is 21.2. The first-order valence-electron chi connectivity index (χ1n) is 11.2. The van der Waals surface area contributed by atoms with E-state index in [-0.39, 0.29) is 24.5 Å². The lowest BCUT2D eigenvalue weighted by Gasteiger charge is -2.38. The second kappa shape index (κ2) is 10.8. The molecule has 0 radical (unpaired) electrons. The van der Waals surface area contributed by atoms with E-state index >= 15 is 0 Å². The van der Waals surface area contributed by atoms with Crippen molar-refractivity contribution in [1.82, 2.24) is 10.2 Å². The van der Waals surface area contributed by atoms with Gasteiger partial charge in [0.25, 0.3) is 0 Å². The number of carboxylic acid groups (broad SMARTS) is 2. The van der Waals surface area contributed by atoms with Gasteiger partial charge >= 0.3 is 18.1 Å². The molecule has 1 aliphatic heterocycles. The third-order valence-electron chi connectivity index (χ3n) is 6.21. The molecule has 176 valence electrons. The molecule has 2 aromatic carbocycles. The van der Waals surface area contributed by atoms with Crippen LogP contribution in [-0.2, 0) is 11.2 Å². The summed E-state index contributed by atoms with van der Waals surface area (Å²) in [6.07, 6.45) is 1.60. The van der Waals surface area contributed by atoms with Crippen molar-refractivity contribution in [3.8, 4) is 11.1 Å². The number of hydrogen-bond donors (Lipinski definition) is 3. The smallest absolute Gasteiger partial charge is 0.407 e. The van der Waals surface area contributed by atoms with Gasteiger partial charge in [-0.1, -0.05) is 43.3 Å². The van der Waals surface area contributed by atoms with Gasteiger partial charge in [-0.15, -0.1) is 0 Å². The van der Waals surface area contributed by atoms with Crippen molar-refractivity contribution in [1.29, 1.82) is 0 Å². The van der Waals surface area contributed by atoms with Crippen LogP contribution in [0.5, 0.6) is 0 Å². The highest BCUT2D eigenvalue weighted by Crippen LogP contribution is 2.26. The predicted octanol–water partition coefficient (Wildman–Crippen LogP) is 4.44. The van der Waals surface area contributed by atoms with Gasteiger partial charge in [-0.05, 0) is 54.5 Å². The van der Waals surface area contributed by atoms with E-state index in [1.54, 1.807) is 11.9 Å².